The summed E-state index contributed by atoms with van der Waals surface area (Å²) in [4.78, 5) is 2.34. The summed E-state index contributed by atoms with van der Waals surface area (Å²) >= 11 is 0. The monoisotopic (exact) mass is 335 g/mol. The second-order valence-electron chi connectivity index (χ2n) is 6.76. The van der Waals surface area contributed by atoms with Gasteiger partial charge < -0.3 is 5.11 Å². The van der Waals surface area contributed by atoms with E-state index in [9.17, 15) is 5.11 Å². The second-order valence-corrected chi connectivity index (χ2v) is 6.76. The topological polar surface area (TPSA) is 26.3 Å². The minimum absolute atomic E-state index is 0. The molecular weight excluding hydrogens is 313 g/mol. The summed E-state index contributed by atoms with van der Waals surface area (Å²) in [6.45, 7) is 1.57. The molecule has 0 spiro atoms. The van der Waals surface area contributed by atoms with Crippen molar-refractivity contribution in [2.45, 2.75) is 31.7 Å². The largest absolute Gasteiger partial charge is 1.00 e. The molecule has 0 saturated carbocycles. The molecule has 26 heavy (non-hydrogen) atoms. The predicted molar refractivity (Wildman–Crippen MR) is 98.8 cm³/mol. The van der Waals surface area contributed by atoms with Crippen molar-refractivity contribution in [3.63, 3.8) is 0 Å². The van der Waals surface area contributed by atoms with Gasteiger partial charge in [-0.3, -0.25) is 4.90 Å². The predicted octanol–water partition coefficient (Wildman–Crippen LogP) is 0.719. The summed E-state index contributed by atoms with van der Waals surface area (Å²) in [7, 11) is 0. The average molecular weight is 335 g/mol. The molecule has 3 aromatic carbocycles. The summed E-state index contributed by atoms with van der Waals surface area (Å²) in [5.74, 6) is 0. The summed E-state index contributed by atoms with van der Waals surface area (Å²) in [6.07, 6.45) is 0.0193. The molecule has 0 radical (unpaired) electrons. The molecule has 3 heteroatoms. The van der Waals surface area contributed by atoms with Crippen LogP contribution in [0.5, 0.6) is 0 Å². The van der Waals surface area contributed by atoms with Crippen molar-refractivity contribution in [2.75, 3.05) is 0 Å². The van der Waals surface area contributed by atoms with Crippen LogP contribution in [0.4, 0.5) is 0 Å². The molecule has 2 nitrogen and oxygen atoms in total. The van der Waals surface area contributed by atoms with E-state index in [2.05, 4.69) is 65.6 Å². The Labute approximate surface area is 167 Å². The van der Waals surface area contributed by atoms with Crippen molar-refractivity contribution in [1.82, 2.24) is 4.90 Å². The van der Waals surface area contributed by atoms with E-state index in [-0.39, 0.29) is 24.9 Å². The summed E-state index contributed by atoms with van der Waals surface area (Å²) in [5.41, 5.74) is 4.90. The van der Waals surface area contributed by atoms with Gasteiger partial charge in [0.25, 0.3) is 0 Å². The molecule has 3 aromatic rings. The summed E-state index contributed by atoms with van der Waals surface area (Å²) in [6, 6.07) is 29.1. The Morgan fingerprint density at radius 3 is 1.81 bits per heavy atom. The van der Waals surface area contributed by atoms with Gasteiger partial charge in [-0.2, -0.15) is 0 Å². The van der Waals surface area contributed by atoms with E-state index < -0.39 is 6.10 Å². The van der Waals surface area contributed by atoms with Crippen LogP contribution in [0.2, 0.25) is 0 Å². The molecule has 0 saturated heterocycles. The quantitative estimate of drug-likeness (QED) is 0.642. The second kappa shape index (κ2) is 8.71. The van der Waals surface area contributed by atoms with Crippen LogP contribution in [-0.4, -0.2) is 11.0 Å². The maximum absolute atomic E-state index is 12.9. The Morgan fingerprint density at radius 1 is 0.731 bits per heavy atom. The molecule has 0 heterocycles. The molecular formula is C23H22LiNO. The molecule has 4 rings (SSSR count). The van der Waals surface area contributed by atoms with Gasteiger partial charge in [-0.15, -0.1) is 6.10 Å². The van der Waals surface area contributed by atoms with Crippen molar-refractivity contribution in [2.24, 2.45) is 0 Å². The number of fused-ring (bicyclic) bond motifs is 1. The van der Waals surface area contributed by atoms with E-state index in [1.807, 2.05) is 24.3 Å². The first-order valence-electron chi connectivity index (χ1n) is 8.87. The van der Waals surface area contributed by atoms with Gasteiger partial charge in [0.1, 0.15) is 0 Å². The number of benzene rings is 3. The minimum atomic E-state index is -0.607. The van der Waals surface area contributed by atoms with Crippen LogP contribution in [0.3, 0.4) is 0 Å². The van der Waals surface area contributed by atoms with Crippen LogP contribution in [0.1, 0.15) is 28.3 Å². The molecule has 1 aliphatic rings. The van der Waals surface area contributed by atoms with Gasteiger partial charge in [0, 0.05) is 19.1 Å². The first kappa shape index (κ1) is 19.0. The number of rotatable bonds is 5. The van der Waals surface area contributed by atoms with Gasteiger partial charge in [-0.05, 0) is 28.7 Å². The summed E-state index contributed by atoms with van der Waals surface area (Å²) in [5, 5.41) is 12.9. The van der Waals surface area contributed by atoms with Crippen LogP contribution in [0.25, 0.3) is 0 Å². The first-order chi connectivity index (χ1) is 12.3. The van der Waals surface area contributed by atoms with Crippen molar-refractivity contribution in [1.29, 1.82) is 0 Å². The normalized spacial score (nSPS) is 18.4. The molecule has 0 fully saturated rings. The zero-order valence-electron chi connectivity index (χ0n) is 15.2. The third-order valence-electron chi connectivity index (χ3n) is 5.00. The third-order valence-corrected chi connectivity index (χ3v) is 5.00. The standard InChI is InChI=1S/C23H22NO.Li/c25-22-15-20-13-7-8-14-21(20)23(22)24(16-18-9-3-1-4-10-18)17-19-11-5-2-6-12-19;/h1-14,22-23H,15-17H2;/q-1;+1/t22-,23+;/m0./s1. The Hall–Kier alpha value is -1.82. The fourth-order valence-electron chi connectivity index (χ4n) is 3.86. The number of hydrogen-bond donors (Lipinski definition) is 0. The van der Waals surface area contributed by atoms with Crippen molar-refractivity contribution >= 4 is 0 Å². The van der Waals surface area contributed by atoms with Gasteiger partial charge in [-0.25, -0.2) is 0 Å². The molecule has 0 unspecified atom stereocenters. The fourth-order valence-corrected chi connectivity index (χ4v) is 3.86. The average Bonchev–Trinajstić information content (AvgIpc) is 2.98. The van der Waals surface area contributed by atoms with Crippen molar-refractivity contribution < 1.29 is 24.0 Å². The van der Waals surface area contributed by atoms with Crippen LogP contribution >= 0.6 is 0 Å². The van der Waals surface area contributed by atoms with Crippen LogP contribution in [0, 0.1) is 0 Å². The van der Waals surface area contributed by atoms with Crippen molar-refractivity contribution in [3.8, 4) is 0 Å². The molecule has 1 aliphatic carbocycles. The number of hydrogen-bond acceptors (Lipinski definition) is 2. The zero-order valence-corrected chi connectivity index (χ0v) is 15.2. The van der Waals surface area contributed by atoms with E-state index in [1.54, 1.807) is 0 Å². The SMILES string of the molecule is [Li+].[O-][C@H]1Cc2ccccc2[C@H]1N(Cc1ccccc1)Cc1ccccc1. The molecule has 0 amide bonds. The van der Waals surface area contributed by atoms with E-state index in [0.717, 1.165) is 13.1 Å². The Balaban J connectivity index is 0.00000196. The maximum Gasteiger partial charge on any atom is 1.00 e. The van der Waals surface area contributed by atoms with Crippen molar-refractivity contribution in [3.05, 3.63) is 107 Å². The molecule has 0 aliphatic heterocycles. The van der Waals surface area contributed by atoms with E-state index >= 15 is 0 Å². The Bertz CT molecular complexity index is 780. The molecule has 2 atom stereocenters. The van der Waals surface area contributed by atoms with Gasteiger partial charge in [0.05, 0.1) is 0 Å². The number of nitrogens with zero attached hydrogens (tertiary/aromatic N) is 1. The van der Waals surface area contributed by atoms with E-state index in [0.29, 0.717) is 6.42 Å². The third kappa shape index (κ3) is 4.11. The Kier molecular flexibility index (Phi) is 6.35. The zero-order chi connectivity index (χ0) is 17.1. The van der Waals surface area contributed by atoms with Crippen LogP contribution < -0.4 is 24.0 Å². The molecule has 0 N–H and O–H groups in total. The van der Waals surface area contributed by atoms with Gasteiger partial charge >= 0.3 is 18.9 Å². The van der Waals surface area contributed by atoms with Crippen LogP contribution in [-0.2, 0) is 19.5 Å². The smallest absolute Gasteiger partial charge is 0.850 e. The van der Waals surface area contributed by atoms with E-state index in [1.165, 1.54) is 22.3 Å². The minimum Gasteiger partial charge on any atom is -0.850 e. The first-order valence-corrected chi connectivity index (χ1v) is 8.87. The van der Waals surface area contributed by atoms with Crippen LogP contribution in [0.15, 0.2) is 84.9 Å². The van der Waals surface area contributed by atoms with Gasteiger partial charge in [0.15, 0.2) is 0 Å². The molecule has 126 valence electrons. The molecule has 0 bridgehead atoms. The van der Waals surface area contributed by atoms with E-state index in [4.69, 9.17) is 0 Å². The Morgan fingerprint density at radius 2 is 1.23 bits per heavy atom. The molecule has 0 aromatic heterocycles. The maximum atomic E-state index is 12.9. The fraction of sp³-hybridized carbons (Fsp3) is 0.217. The summed E-state index contributed by atoms with van der Waals surface area (Å²) < 4.78 is 0. The van der Waals surface area contributed by atoms with Gasteiger partial charge in [-0.1, -0.05) is 84.9 Å². The van der Waals surface area contributed by atoms with Gasteiger partial charge in [0.2, 0.25) is 0 Å².